The van der Waals surface area contributed by atoms with Crippen LogP contribution in [0.2, 0.25) is 0 Å². The van der Waals surface area contributed by atoms with Crippen molar-refractivity contribution in [1.29, 1.82) is 0 Å². The highest BCUT2D eigenvalue weighted by Crippen LogP contribution is 2.20. The second-order valence-electron chi connectivity index (χ2n) is 7.71. The summed E-state index contributed by atoms with van der Waals surface area (Å²) in [5.41, 5.74) is 1.68. The van der Waals surface area contributed by atoms with Crippen LogP contribution in [0.25, 0.3) is 6.08 Å². The zero-order valence-electron chi connectivity index (χ0n) is 17.3. The van der Waals surface area contributed by atoms with E-state index >= 15 is 0 Å². The lowest BCUT2D eigenvalue weighted by Gasteiger charge is -2.34. The molecule has 4 rings (SSSR count). The number of carbonyl (C=O) groups excluding carboxylic acids is 3. The molecule has 4 amide bonds. The monoisotopic (exact) mass is 418 g/mol. The number of para-hydroxylation sites is 1. The average Bonchev–Trinajstić information content (AvgIpc) is 3.08. The maximum atomic E-state index is 12.7. The molecule has 2 aliphatic heterocycles. The van der Waals surface area contributed by atoms with Crippen LogP contribution in [0.1, 0.15) is 12.0 Å². The summed E-state index contributed by atoms with van der Waals surface area (Å²) in [6.07, 6.45) is 4.23. The molecule has 2 heterocycles. The van der Waals surface area contributed by atoms with Gasteiger partial charge in [0, 0.05) is 32.7 Å². The molecule has 2 aromatic rings. The standard InChI is InChI=1S/C24H26N4O3/c29-22(18-21-23(30)28(24(31)25-21)20-11-5-2-6-12-20)27-16-14-26(15-17-27)13-7-10-19-8-3-1-4-9-19/h1-12,21H,13-18H2,(H,25,31). The molecular weight excluding hydrogens is 392 g/mol. The number of hydrogen-bond acceptors (Lipinski definition) is 4. The van der Waals surface area contributed by atoms with Crippen molar-refractivity contribution in [2.24, 2.45) is 0 Å². The highest BCUT2D eigenvalue weighted by molar-refractivity contribution is 6.22. The van der Waals surface area contributed by atoms with E-state index in [9.17, 15) is 14.4 Å². The summed E-state index contributed by atoms with van der Waals surface area (Å²) in [5.74, 6) is -0.484. The molecule has 0 spiro atoms. The van der Waals surface area contributed by atoms with Crippen LogP contribution in [0.4, 0.5) is 10.5 Å². The summed E-state index contributed by atoms with van der Waals surface area (Å²) in [6.45, 7) is 3.64. The molecule has 0 aromatic heterocycles. The van der Waals surface area contributed by atoms with E-state index in [4.69, 9.17) is 0 Å². The SMILES string of the molecule is O=C(CC1NC(=O)N(c2ccccc2)C1=O)N1CCN(CC=Cc2ccccc2)CC1. The molecular formula is C24H26N4O3. The first-order valence-electron chi connectivity index (χ1n) is 10.5. The van der Waals surface area contributed by atoms with Crippen LogP contribution < -0.4 is 10.2 Å². The van der Waals surface area contributed by atoms with Crippen LogP contribution in [-0.2, 0) is 9.59 Å². The molecule has 0 bridgehead atoms. The Bertz CT molecular complexity index is 953. The van der Waals surface area contributed by atoms with Crippen molar-refractivity contribution in [2.75, 3.05) is 37.6 Å². The zero-order valence-corrected chi connectivity index (χ0v) is 17.3. The lowest BCUT2D eigenvalue weighted by molar-refractivity contribution is -0.135. The number of carbonyl (C=O) groups is 3. The lowest BCUT2D eigenvalue weighted by atomic mass is 10.1. The summed E-state index contributed by atoms with van der Waals surface area (Å²) in [6, 6.07) is 17.6. The molecule has 2 aliphatic rings. The van der Waals surface area contributed by atoms with Crippen molar-refractivity contribution in [3.8, 4) is 0 Å². The van der Waals surface area contributed by atoms with E-state index < -0.39 is 12.1 Å². The quantitative estimate of drug-likeness (QED) is 0.731. The van der Waals surface area contributed by atoms with Gasteiger partial charge in [0.25, 0.3) is 5.91 Å². The van der Waals surface area contributed by atoms with Gasteiger partial charge in [-0.05, 0) is 17.7 Å². The van der Waals surface area contributed by atoms with Crippen LogP contribution in [0.3, 0.4) is 0 Å². The van der Waals surface area contributed by atoms with E-state index in [0.29, 0.717) is 18.8 Å². The Labute approximate surface area is 181 Å². The number of anilines is 1. The number of piperazine rings is 1. The minimum absolute atomic E-state index is 0.0121. The maximum Gasteiger partial charge on any atom is 0.329 e. The number of imide groups is 1. The van der Waals surface area contributed by atoms with Crippen molar-refractivity contribution in [1.82, 2.24) is 15.1 Å². The third-order valence-electron chi connectivity index (χ3n) is 5.61. The first kappa shape index (κ1) is 20.8. The summed E-state index contributed by atoms with van der Waals surface area (Å²) in [5, 5.41) is 2.64. The average molecular weight is 418 g/mol. The van der Waals surface area contributed by atoms with Gasteiger partial charge in [0.05, 0.1) is 12.1 Å². The van der Waals surface area contributed by atoms with Crippen LogP contribution in [0.5, 0.6) is 0 Å². The molecule has 0 aliphatic carbocycles. The van der Waals surface area contributed by atoms with E-state index in [2.05, 4.69) is 34.5 Å². The number of urea groups is 1. The van der Waals surface area contributed by atoms with Gasteiger partial charge in [-0.1, -0.05) is 60.7 Å². The molecule has 160 valence electrons. The van der Waals surface area contributed by atoms with Gasteiger partial charge in [0.2, 0.25) is 5.91 Å². The van der Waals surface area contributed by atoms with Gasteiger partial charge >= 0.3 is 6.03 Å². The number of nitrogens with zero attached hydrogens (tertiary/aromatic N) is 3. The van der Waals surface area contributed by atoms with Crippen molar-refractivity contribution < 1.29 is 14.4 Å². The Hall–Kier alpha value is -3.45. The van der Waals surface area contributed by atoms with Gasteiger partial charge in [-0.2, -0.15) is 0 Å². The first-order chi connectivity index (χ1) is 15.1. The van der Waals surface area contributed by atoms with Crippen LogP contribution in [0, 0.1) is 0 Å². The number of benzene rings is 2. The Morgan fingerprint density at radius 1 is 0.935 bits per heavy atom. The number of hydrogen-bond donors (Lipinski definition) is 1. The fourth-order valence-corrected chi connectivity index (χ4v) is 3.88. The molecule has 31 heavy (non-hydrogen) atoms. The highest BCUT2D eigenvalue weighted by atomic mass is 16.2. The van der Waals surface area contributed by atoms with Gasteiger partial charge in [0.15, 0.2) is 0 Å². The molecule has 2 saturated heterocycles. The summed E-state index contributed by atoms with van der Waals surface area (Å²) < 4.78 is 0. The van der Waals surface area contributed by atoms with E-state index in [1.807, 2.05) is 24.3 Å². The Kier molecular flexibility index (Phi) is 6.43. The Morgan fingerprint density at radius 2 is 1.58 bits per heavy atom. The van der Waals surface area contributed by atoms with Crippen molar-refractivity contribution in [3.63, 3.8) is 0 Å². The predicted molar refractivity (Wildman–Crippen MR) is 119 cm³/mol. The largest absolute Gasteiger partial charge is 0.340 e. The second-order valence-corrected chi connectivity index (χ2v) is 7.71. The summed E-state index contributed by atoms with van der Waals surface area (Å²) in [4.78, 5) is 42.8. The highest BCUT2D eigenvalue weighted by Gasteiger charge is 2.40. The van der Waals surface area contributed by atoms with Crippen LogP contribution in [-0.4, -0.2) is 66.4 Å². The Morgan fingerprint density at radius 3 is 2.26 bits per heavy atom. The van der Waals surface area contributed by atoms with Crippen molar-refractivity contribution in [3.05, 3.63) is 72.3 Å². The molecule has 2 aromatic carbocycles. The zero-order chi connectivity index (χ0) is 21.6. The van der Waals surface area contributed by atoms with E-state index in [-0.39, 0.29) is 18.2 Å². The summed E-state index contributed by atoms with van der Waals surface area (Å²) >= 11 is 0. The van der Waals surface area contributed by atoms with Crippen LogP contribution in [0.15, 0.2) is 66.7 Å². The Balaban J connectivity index is 1.25. The fraction of sp³-hybridized carbons (Fsp3) is 0.292. The third kappa shape index (κ3) is 5.00. The molecule has 1 atom stereocenters. The minimum atomic E-state index is -0.813. The first-order valence-corrected chi connectivity index (χ1v) is 10.5. The van der Waals surface area contributed by atoms with Gasteiger partial charge in [-0.15, -0.1) is 0 Å². The molecule has 1 unspecified atom stereocenters. The van der Waals surface area contributed by atoms with Crippen molar-refractivity contribution in [2.45, 2.75) is 12.5 Å². The van der Waals surface area contributed by atoms with Gasteiger partial charge < -0.3 is 10.2 Å². The molecule has 0 saturated carbocycles. The van der Waals surface area contributed by atoms with E-state index in [0.717, 1.165) is 24.5 Å². The van der Waals surface area contributed by atoms with Crippen molar-refractivity contribution >= 4 is 29.6 Å². The number of amides is 4. The number of nitrogens with one attached hydrogen (secondary N) is 1. The van der Waals surface area contributed by atoms with E-state index in [1.165, 1.54) is 5.56 Å². The molecule has 7 heteroatoms. The van der Waals surface area contributed by atoms with E-state index in [1.54, 1.807) is 29.2 Å². The summed E-state index contributed by atoms with van der Waals surface area (Å²) in [7, 11) is 0. The normalized spacial score (nSPS) is 19.8. The molecule has 7 nitrogen and oxygen atoms in total. The van der Waals surface area contributed by atoms with Gasteiger partial charge in [-0.25, -0.2) is 9.69 Å². The maximum absolute atomic E-state index is 12.7. The van der Waals surface area contributed by atoms with Gasteiger partial charge in [-0.3, -0.25) is 14.5 Å². The number of rotatable bonds is 6. The fourth-order valence-electron chi connectivity index (χ4n) is 3.88. The lowest BCUT2D eigenvalue weighted by Crippen LogP contribution is -2.50. The predicted octanol–water partition coefficient (Wildman–Crippen LogP) is 2.36. The van der Waals surface area contributed by atoms with Crippen LogP contribution >= 0.6 is 0 Å². The minimum Gasteiger partial charge on any atom is -0.340 e. The molecule has 1 N–H and O–H groups in total. The second kappa shape index (κ2) is 9.57. The topological polar surface area (TPSA) is 73.0 Å². The third-order valence-corrected chi connectivity index (χ3v) is 5.61. The molecule has 2 fully saturated rings. The smallest absolute Gasteiger partial charge is 0.329 e. The van der Waals surface area contributed by atoms with Gasteiger partial charge in [0.1, 0.15) is 6.04 Å². The molecule has 0 radical (unpaired) electrons.